The minimum Gasteiger partial charge on any atom is -0.497 e. The molecule has 0 radical (unpaired) electrons. The van der Waals surface area contributed by atoms with Crippen molar-refractivity contribution in [3.8, 4) is 11.5 Å². The van der Waals surface area contributed by atoms with Crippen molar-refractivity contribution in [3.05, 3.63) is 59.2 Å². The number of methoxy groups -OCH3 is 2. The molecule has 0 saturated carbocycles. The van der Waals surface area contributed by atoms with E-state index in [2.05, 4.69) is 41.7 Å². The summed E-state index contributed by atoms with van der Waals surface area (Å²) in [6.07, 6.45) is 3.74. The molecule has 0 heterocycles. The third-order valence-electron chi connectivity index (χ3n) is 4.47. The molecule has 22 heavy (non-hydrogen) atoms. The molecule has 116 valence electrons. The van der Waals surface area contributed by atoms with E-state index in [1.165, 1.54) is 36.0 Å². The first-order valence-electron chi connectivity index (χ1n) is 7.93. The Morgan fingerprint density at radius 2 is 1.77 bits per heavy atom. The van der Waals surface area contributed by atoms with Gasteiger partial charge in [-0.15, -0.1) is 0 Å². The zero-order valence-electron chi connectivity index (χ0n) is 13.3. The molecule has 0 saturated heterocycles. The standard InChI is InChI=1S/C19H23NO2/c1-21-16-10-14(11-17(12-16)22-2)13-20-19-9-5-7-15-6-3-4-8-18(15)19/h3-4,6,8,10-12,19-20H,5,7,9,13H2,1-2H3/p+1/t19-/m0/s1. The molecule has 0 aromatic heterocycles. The Balaban J connectivity index is 1.73. The Morgan fingerprint density at radius 3 is 2.50 bits per heavy atom. The van der Waals surface area contributed by atoms with Crippen LogP contribution in [0.4, 0.5) is 0 Å². The van der Waals surface area contributed by atoms with Crippen LogP contribution in [-0.2, 0) is 13.0 Å². The molecule has 1 aliphatic carbocycles. The monoisotopic (exact) mass is 298 g/mol. The molecule has 3 rings (SSSR count). The molecule has 0 fully saturated rings. The van der Waals surface area contributed by atoms with E-state index in [0.717, 1.165) is 18.0 Å². The summed E-state index contributed by atoms with van der Waals surface area (Å²) < 4.78 is 10.7. The fraction of sp³-hybridized carbons (Fsp3) is 0.368. The lowest BCUT2D eigenvalue weighted by atomic mass is 9.87. The van der Waals surface area contributed by atoms with Crippen molar-refractivity contribution in [2.45, 2.75) is 31.8 Å². The zero-order valence-corrected chi connectivity index (χ0v) is 13.3. The van der Waals surface area contributed by atoms with Gasteiger partial charge in [0, 0.05) is 23.6 Å². The van der Waals surface area contributed by atoms with E-state index < -0.39 is 0 Å². The number of aryl methyl sites for hydroxylation is 1. The topological polar surface area (TPSA) is 35.1 Å². The molecule has 2 aromatic carbocycles. The predicted molar refractivity (Wildman–Crippen MR) is 87.3 cm³/mol. The summed E-state index contributed by atoms with van der Waals surface area (Å²) in [5.41, 5.74) is 4.25. The number of hydrogen-bond donors (Lipinski definition) is 1. The van der Waals surface area contributed by atoms with Crippen LogP contribution in [0.3, 0.4) is 0 Å². The van der Waals surface area contributed by atoms with Crippen LogP contribution in [-0.4, -0.2) is 14.2 Å². The molecule has 0 bridgehead atoms. The minimum absolute atomic E-state index is 0.558. The molecule has 2 N–H and O–H groups in total. The van der Waals surface area contributed by atoms with Crippen LogP contribution < -0.4 is 14.8 Å². The highest BCUT2D eigenvalue weighted by atomic mass is 16.5. The van der Waals surface area contributed by atoms with Crippen molar-refractivity contribution in [1.29, 1.82) is 0 Å². The summed E-state index contributed by atoms with van der Waals surface area (Å²) in [5, 5.41) is 2.44. The highest BCUT2D eigenvalue weighted by Crippen LogP contribution is 2.27. The maximum Gasteiger partial charge on any atom is 0.123 e. The second kappa shape index (κ2) is 6.84. The SMILES string of the molecule is COc1cc(C[NH2+][C@H]2CCCc3ccccc32)cc(OC)c1. The normalized spacial score (nSPS) is 16.9. The van der Waals surface area contributed by atoms with Gasteiger partial charge in [-0.3, -0.25) is 0 Å². The van der Waals surface area contributed by atoms with E-state index in [0.29, 0.717) is 6.04 Å². The summed E-state index contributed by atoms with van der Waals surface area (Å²) in [5.74, 6) is 1.71. The molecule has 1 aliphatic rings. The molecule has 0 amide bonds. The second-order valence-electron chi connectivity index (χ2n) is 5.86. The van der Waals surface area contributed by atoms with Gasteiger partial charge in [0.05, 0.1) is 14.2 Å². The number of ether oxygens (including phenoxy) is 2. The van der Waals surface area contributed by atoms with Crippen LogP contribution >= 0.6 is 0 Å². The molecule has 2 aromatic rings. The van der Waals surface area contributed by atoms with Gasteiger partial charge >= 0.3 is 0 Å². The predicted octanol–water partition coefficient (Wildman–Crippen LogP) is 2.84. The van der Waals surface area contributed by atoms with Crippen molar-refractivity contribution < 1.29 is 14.8 Å². The Kier molecular flexibility index (Phi) is 4.64. The van der Waals surface area contributed by atoms with Crippen LogP contribution in [0.5, 0.6) is 11.5 Å². The summed E-state index contributed by atoms with van der Waals surface area (Å²) in [6.45, 7) is 0.937. The first kappa shape index (κ1) is 14.9. The summed E-state index contributed by atoms with van der Waals surface area (Å²) in [7, 11) is 3.39. The zero-order chi connectivity index (χ0) is 15.4. The number of hydrogen-bond acceptors (Lipinski definition) is 2. The van der Waals surface area contributed by atoms with Gasteiger partial charge in [0.2, 0.25) is 0 Å². The lowest BCUT2D eigenvalue weighted by molar-refractivity contribution is -0.712. The van der Waals surface area contributed by atoms with E-state index in [-0.39, 0.29) is 0 Å². The third kappa shape index (κ3) is 3.25. The largest absolute Gasteiger partial charge is 0.497 e. The van der Waals surface area contributed by atoms with E-state index >= 15 is 0 Å². The first-order valence-corrected chi connectivity index (χ1v) is 7.93. The number of quaternary nitrogens is 1. The Morgan fingerprint density at radius 1 is 1.05 bits per heavy atom. The lowest BCUT2D eigenvalue weighted by Gasteiger charge is -2.23. The summed E-state index contributed by atoms with van der Waals surface area (Å²) in [4.78, 5) is 0. The highest BCUT2D eigenvalue weighted by Gasteiger charge is 2.22. The van der Waals surface area contributed by atoms with Crippen molar-refractivity contribution in [2.75, 3.05) is 14.2 Å². The minimum atomic E-state index is 0.558. The van der Waals surface area contributed by atoms with Gasteiger partial charge in [-0.05, 0) is 30.5 Å². The van der Waals surface area contributed by atoms with Crippen molar-refractivity contribution in [2.24, 2.45) is 0 Å². The van der Waals surface area contributed by atoms with Gasteiger partial charge in [-0.1, -0.05) is 24.3 Å². The third-order valence-corrected chi connectivity index (χ3v) is 4.47. The molecular formula is C19H24NO2+. The number of fused-ring (bicyclic) bond motifs is 1. The Hall–Kier alpha value is -2.00. The van der Waals surface area contributed by atoms with Gasteiger partial charge in [0.15, 0.2) is 0 Å². The van der Waals surface area contributed by atoms with E-state index in [4.69, 9.17) is 9.47 Å². The molecule has 0 unspecified atom stereocenters. The van der Waals surface area contributed by atoms with Gasteiger partial charge in [0.1, 0.15) is 24.1 Å². The van der Waals surface area contributed by atoms with Crippen molar-refractivity contribution in [3.63, 3.8) is 0 Å². The molecule has 0 spiro atoms. The van der Waals surface area contributed by atoms with E-state index in [1.807, 2.05) is 6.07 Å². The van der Waals surface area contributed by atoms with Crippen LogP contribution in [0.25, 0.3) is 0 Å². The van der Waals surface area contributed by atoms with Crippen LogP contribution in [0, 0.1) is 0 Å². The smallest absolute Gasteiger partial charge is 0.123 e. The van der Waals surface area contributed by atoms with E-state index in [9.17, 15) is 0 Å². The number of benzene rings is 2. The van der Waals surface area contributed by atoms with Gasteiger partial charge < -0.3 is 14.8 Å². The summed E-state index contributed by atoms with van der Waals surface area (Å²) >= 11 is 0. The van der Waals surface area contributed by atoms with E-state index in [1.54, 1.807) is 14.2 Å². The highest BCUT2D eigenvalue weighted by molar-refractivity contribution is 5.38. The molecule has 1 atom stereocenters. The average molecular weight is 298 g/mol. The fourth-order valence-corrected chi connectivity index (χ4v) is 3.30. The maximum atomic E-state index is 5.35. The van der Waals surface area contributed by atoms with Gasteiger partial charge in [-0.2, -0.15) is 0 Å². The van der Waals surface area contributed by atoms with Crippen LogP contribution in [0.2, 0.25) is 0 Å². The molecular weight excluding hydrogens is 274 g/mol. The first-order chi connectivity index (χ1) is 10.8. The summed E-state index contributed by atoms with van der Waals surface area (Å²) in [6, 6.07) is 15.5. The average Bonchev–Trinajstić information content (AvgIpc) is 2.59. The van der Waals surface area contributed by atoms with Crippen molar-refractivity contribution in [1.82, 2.24) is 0 Å². The number of rotatable bonds is 5. The maximum absolute atomic E-state index is 5.35. The second-order valence-corrected chi connectivity index (χ2v) is 5.86. The lowest BCUT2D eigenvalue weighted by Crippen LogP contribution is -2.84. The number of nitrogens with two attached hydrogens (primary N) is 1. The Bertz CT molecular complexity index is 617. The van der Waals surface area contributed by atoms with Crippen LogP contribution in [0.15, 0.2) is 42.5 Å². The van der Waals surface area contributed by atoms with Crippen molar-refractivity contribution >= 4 is 0 Å². The van der Waals surface area contributed by atoms with Crippen LogP contribution in [0.1, 0.15) is 35.6 Å². The van der Waals surface area contributed by atoms with Gasteiger partial charge in [-0.25, -0.2) is 0 Å². The fourth-order valence-electron chi connectivity index (χ4n) is 3.30. The molecule has 3 heteroatoms. The molecule has 3 nitrogen and oxygen atoms in total. The van der Waals surface area contributed by atoms with Gasteiger partial charge in [0.25, 0.3) is 0 Å². The quantitative estimate of drug-likeness (QED) is 0.921. The molecule has 0 aliphatic heterocycles. The Labute approximate surface area is 132 Å².